The fourth-order valence-corrected chi connectivity index (χ4v) is 5.10. The van der Waals surface area contributed by atoms with Crippen molar-refractivity contribution in [2.45, 2.75) is 13.8 Å². The van der Waals surface area contributed by atoms with Gasteiger partial charge in [0.1, 0.15) is 16.9 Å². The fourth-order valence-electron chi connectivity index (χ4n) is 5.10. The molecular formula is C28H21N2O2+. The molecule has 3 aromatic heterocycles. The second-order valence-corrected chi connectivity index (χ2v) is 8.65. The second-order valence-electron chi connectivity index (χ2n) is 8.65. The van der Waals surface area contributed by atoms with Gasteiger partial charge in [-0.2, -0.15) is 4.57 Å². The van der Waals surface area contributed by atoms with Gasteiger partial charge in [0.2, 0.25) is 5.52 Å². The molecule has 0 atom stereocenters. The van der Waals surface area contributed by atoms with E-state index < -0.39 is 0 Å². The summed E-state index contributed by atoms with van der Waals surface area (Å²) in [6.45, 7) is 4.31. The maximum absolute atomic E-state index is 6.57. The van der Waals surface area contributed by atoms with Crippen LogP contribution in [0.2, 0.25) is 0 Å². The number of aryl methyl sites for hydroxylation is 2. The van der Waals surface area contributed by atoms with Gasteiger partial charge in [-0.3, -0.25) is 0 Å². The Morgan fingerprint density at radius 2 is 1.59 bits per heavy atom. The summed E-state index contributed by atoms with van der Waals surface area (Å²) in [4.78, 5) is 0. The molecule has 0 amide bonds. The molecule has 0 unspecified atom stereocenters. The van der Waals surface area contributed by atoms with Gasteiger partial charge in [0.25, 0.3) is 5.82 Å². The first-order valence-electron chi connectivity index (χ1n) is 10.8. The maximum atomic E-state index is 6.57. The number of aromatic nitrogens is 2. The van der Waals surface area contributed by atoms with Crippen LogP contribution >= 0.6 is 0 Å². The van der Waals surface area contributed by atoms with Gasteiger partial charge in [-0.1, -0.05) is 18.2 Å². The van der Waals surface area contributed by atoms with Crippen molar-refractivity contribution in [3.63, 3.8) is 0 Å². The van der Waals surface area contributed by atoms with Crippen LogP contribution in [0.4, 0.5) is 0 Å². The highest BCUT2D eigenvalue weighted by Gasteiger charge is 2.26. The lowest BCUT2D eigenvalue weighted by molar-refractivity contribution is -0.652. The molecule has 7 aromatic rings. The summed E-state index contributed by atoms with van der Waals surface area (Å²) in [6.07, 6.45) is 1.74. The summed E-state index contributed by atoms with van der Waals surface area (Å²) in [5, 5.41) is 5.68. The number of fused-ring (bicyclic) bond motifs is 7. The minimum atomic E-state index is 0.892. The van der Waals surface area contributed by atoms with Gasteiger partial charge < -0.3 is 8.83 Å². The van der Waals surface area contributed by atoms with Gasteiger partial charge in [-0.05, 0) is 71.8 Å². The molecule has 7 rings (SSSR count). The third-order valence-corrected chi connectivity index (χ3v) is 6.87. The lowest BCUT2D eigenvalue weighted by Gasteiger charge is -2.03. The van der Waals surface area contributed by atoms with Gasteiger partial charge in [-0.15, -0.1) is 0 Å². The van der Waals surface area contributed by atoms with Crippen LogP contribution in [-0.4, -0.2) is 4.57 Å². The zero-order valence-electron chi connectivity index (χ0n) is 18.1. The predicted octanol–water partition coefficient (Wildman–Crippen LogP) is 6.87. The van der Waals surface area contributed by atoms with E-state index in [1.54, 1.807) is 6.26 Å². The van der Waals surface area contributed by atoms with Gasteiger partial charge in [0.05, 0.1) is 13.3 Å². The minimum absolute atomic E-state index is 0.892. The molecule has 3 heterocycles. The highest BCUT2D eigenvalue weighted by atomic mass is 16.3. The number of rotatable bonds is 1. The Hall–Kier alpha value is -4.05. The summed E-state index contributed by atoms with van der Waals surface area (Å²) in [6, 6.07) is 23.5. The lowest BCUT2D eigenvalue weighted by atomic mass is 10.0. The standard InChI is InChI=1S/C28H21N2O2/c1-16-6-4-5-7-23(16)30-17(2)29(3)24-9-8-21-22-13-19-12-18-10-11-31-25(18)14-20(19)15-26(22)32-28(21)27(24)30/h4-15H,1-3H3/q+1. The minimum Gasteiger partial charge on any atom is -0.464 e. The van der Waals surface area contributed by atoms with Gasteiger partial charge in [0.15, 0.2) is 11.1 Å². The largest absolute Gasteiger partial charge is 0.464 e. The highest BCUT2D eigenvalue weighted by Crippen LogP contribution is 2.38. The van der Waals surface area contributed by atoms with Crippen molar-refractivity contribution < 1.29 is 13.4 Å². The number of hydrogen-bond acceptors (Lipinski definition) is 2. The van der Waals surface area contributed by atoms with Crippen LogP contribution in [0.25, 0.3) is 60.4 Å². The van der Waals surface area contributed by atoms with Crippen LogP contribution < -0.4 is 4.57 Å². The second kappa shape index (κ2) is 6.01. The molecule has 0 aliphatic carbocycles. The van der Waals surface area contributed by atoms with Crippen LogP contribution in [0, 0.1) is 13.8 Å². The molecule has 0 fully saturated rings. The fraction of sp³-hybridized carbons (Fsp3) is 0.107. The zero-order valence-corrected chi connectivity index (χ0v) is 18.1. The first kappa shape index (κ1) is 17.6. The summed E-state index contributed by atoms with van der Waals surface area (Å²) >= 11 is 0. The van der Waals surface area contributed by atoms with E-state index in [0.29, 0.717) is 0 Å². The summed E-state index contributed by atoms with van der Waals surface area (Å²) in [5.74, 6) is 1.16. The normalized spacial score (nSPS) is 12.2. The van der Waals surface area contributed by atoms with E-state index in [1.165, 1.54) is 16.6 Å². The van der Waals surface area contributed by atoms with Crippen LogP contribution in [0.3, 0.4) is 0 Å². The van der Waals surface area contributed by atoms with E-state index in [4.69, 9.17) is 8.83 Å². The van der Waals surface area contributed by atoms with Crippen molar-refractivity contribution in [3.05, 3.63) is 84.4 Å². The Labute approximate surface area is 183 Å². The van der Waals surface area contributed by atoms with Crippen LogP contribution in [0.1, 0.15) is 11.4 Å². The molecule has 4 heteroatoms. The number of nitrogens with zero attached hydrogens (tertiary/aromatic N) is 2. The Morgan fingerprint density at radius 3 is 2.47 bits per heavy atom. The molecule has 4 nitrogen and oxygen atoms in total. The topological polar surface area (TPSA) is 35.1 Å². The Balaban J connectivity index is 1.65. The molecule has 0 spiro atoms. The first-order chi connectivity index (χ1) is 15.6. The number of benzene rings is 4. The SMILES string of the molecule is Cc1ccccc1-n1c(C)[n+](C)c2ccc3c4cc5cc6ccoc6cc5cc4oc3c21. The van der Waals surface area contributed by atoms with Crippen molar-refractivity contribution in [2.75, 3.05) is 0 Å². The number of furan rings is 2. The number of hydrogen-bond donors (Lipinski definition) is 0. The van der Waals surface area contributed by atoms with Crippen molar-refractivity contribution in [1.82, 2.24) is 4.57 Å². The van der Waals surface area contributed by atoms with Gasteiger partial charge in [0, 0.05) is 23.1 Å². The summed E-state index contributed by atoms with van der Waals surface area (Å²) in [7, 11) is 2.12. The van der Waals surface area contributed by atoms with E-state index in [9.17, 15) is 0 Å². The van der Waals surface area contributed by atoms with Crippen molar-refractivity contribution >= 4 is 54.7 Å². The van der Waals surface area contributed by atoms with Crippen LogP contribution in [0.15, 0.2) is 81.8 Å². The molecule has 4 aromatic carbocycles. The third kappa shape index (κ3) is 2.19. The summed E-state index contributed by atoms with van der Waals surface area (Å²) in [5.41, 5.74) is 7.37. The molecule has 0 aliphatic heterocycles. The molecule has 0 radical (unpaired) electrons. The van der Waals surface area contributed by atoms with Crippen molar-refractivity contribution in [2.24, 2.45) is 7.05 Å². The highest BCUT2D eigenvalue weighted by molar-refractivity contribution is 6.16. The zero-order chi connectivity index (χ0) is 21.6. The maximum Gasteiger partial charge on any atom is 0.259 e. The molecule has 154 valence electrons. The monoisotopic (exact) mass is 417 g/mol. The van der Waals surface area contributed by atoms with Crippen LogP contribution in [-0.2, 0) is 7.05 Å². The Morgan fingerprint density at radius 1 is 0.781 bits per heavy atom. The lowest BCUT2D eigenvalue weighted by Crippen LogP contribution is -2.30. The van der Waals surface area contributed by atoms with E-state index in [-0.39, 0.29) is 0 Å². The molecule has 0 saturated heterocycles. The molecule has 32 heavy (non-hydrogen) atoms. The molecule has 0 N–H and O–H groups in total. The Bertz CT molecular complexity index is 1860. The number of para-hydroxylation sites is 1. The average Bonchev–Trinajstić information content (AvgIpc) is 3.46. The quantitative estimate of drug-likeness (QED) is 0.273. The van der Waals surface area contributed by atoms with E-state index in [1.807, 2.05) is 6.07 Å². The van der Waals surface area contributed by atoms with E-state index in [0.717, 1.165) is 55.2 Å². The summed E-state index contributed by atoms with van der Waals surface area (Å²) < 4.78 is 16.7. The van der Waals surface area contributed by atoms with E-state index >= 15 is 0 Å². The molecule has 0 bridgehead atoms. The smallest absolute Gasteiger partial charge is 0.259 e. The average molecular weight is 417 g/mol. The van der Waals surface area contributed by atoms with Gasteiger partial charge in [-0.25, -0.2) is 4.57 Å². The van der Waals surface area contributed by atoms with Crippen molar-refractivity contribution in [3.8, 4) is 5.69 Å². The first-order valence-corrected chi connectivity index (χ1v) is 10.8. The molecule has 0 saturated carbocycles. The Kier molecular flexibility index (Phi) is 3.31. The molecular weight excluding hydrogens is 396 g/mol. The van der Waals surface area contributed by atoms with Gasteiger partial charge >= 0.3 is 0 Å². The third-order valence-electron chi connectivity index (χ3n) is 6.87. The predicted molar refractivity (Wildman–Crippen MR) is 128 cm³/mol. The van der Waals surface area contributed by atoms with Crippen molar-refractivity contribution in [1.29, 1.82) is 0 Å². The molecule has 0 aliphatic rings. The van der Waals surface area contributed by atoms with E-state index in [2.05, 4.69) is 90.7 Å². The number of imidazole rings is 1. The van der Waals surface area contributed by atoms with Crippen LogP contribution in [0.5, 0.6) is 0 Å².